The predicted octanol–water partition coefficient (Wildman–Crippen LogP) is 1.63. The summed E-state index contributed by atoms with van der Waals surface area (Å²) in [6.45, 7) is 2.71. The van der Waals surface area contributed by atoms with E-state index < -0.39 is 0 Å². The van der Waals surface area contributed by atoms with Gasteiger partial charge in [-0.2, -0.15) is 0 Å². The molecule has 1 saturated carbocycles. The Kier molecular flexibility index (Phi) is 4.56. The smallest absolute Gasteiger partial charge is 0.237 e. The van der Waals surface area contributed by atoms with E-state index in [1.54, 1.807) is 0 Å². The Balaban J connectivity index is 1.59. The molecule has 2 aliphatic rings. The molecule has 3 rings (SSSR count). The minimum absolute atomic E-state index is 0.204. The van der Waals surface area contributed by atoms with Crippen LogP contribution in [0, 0.1) is 0 Å². The highest BCUT2D eigenvalue weighted by molar-refractivity contribution is 5.79. The summed E-state index contributed by atoms with van der Waals surface area (Å²) in [7, 11) is 0. The molecule has 1 N–H and O–H groups in total. The Morgan fingerprint density at radius 3 is 2.67 bits per heavy atom. The van der Waals surface area contributed by atoms with E-state index in [-0.39, 0.29) is 12.0 Å². The van der Waals surface area contributed by atoms with Crippen LogP contribution in [0.15, 0.2) is 30.3 Å². The minimum Gasteiger partial charge on any atom is -0.392 e. The monoisotopic (exact) mass is 288 g/mol. The number of nitrogens with zero attached hydrogens (tertiary/aromatic N) is 2. The van der Waals surface area contributed by atoms with Crippen LogP contribution in [-0.4, -0.2) is 52.6 Å². The SMILES string of the molecule is O=C(CN1CCCC(O)C1)N(Cc1ccccc1)C1CC1. The first-order valence-corrected chi connectivity index (χ1v) is 7.96. The number of amides is 1. The summed E-state index contributed by atoms with van der Waals surface area (Å²) in [5, 5.41) is 9.72. The van der Waals surface area contributed by atoms with Crippen molar-refractivity contribution in [1.29, 1.82) is 0 Å². The lowest BCUT2D eigenvalue weighted by Crippen LogP contribution is -2.46. The lowest BCUT2D eigenvalue weighted by Gasteiger charge is -2.32. The van der Waals surface area contributed by atoms with Crippen molar-refractivity contribution in [2.24, 2.45) is 0 Å². The average Bonchev–Trinajstić information content (AvgIpc) is 3.30. The molecule has 2 fully saturated rings. The number of hydrogen-bond donors (Lipinski definition) is 1. The average molecular weight is 288 g/mol. The van der Waals surface area contributed by atoms with Gasteiger partial charge in [0.1, 0.15) is 0 Å². The summed E-state index contributed by atoms with van der Waals surface area (Å²) < 4.78 is 0. The quantitative estimate of drug-likeness (QED) is 0.895. The third kappa shape index (κ3) is 4.05. The van der Waals surface area contributed by atoms with E-state index in [1.165, 1.54) is 5.56 Å². The highest BCUT2D eigenvalue weighted by Crippen LogP contribution is 2.28. The molecule has 0 radical (unpaired) electrons. The number of hydrogen-bond acceptors (Lipinski definition) is 3. The van der Waals surface area contributed by atoms with E-state index in [0.717, 1.165) is 32.2 Å². The molecule has 0 aromatic heterocycles. The topological polar surface area (TPSA) is 43.8 Å². The molecule has 1 aliphatic heterocycles. The summed E-state index contributed by atoms with van der Waals surface area (Å²) in [4.78, 5) is 16.7. The Labute approximate surface area is 126 Å². The fourth-order valence-corrected chi connectivity index (χ4v) is 3.04. The fraction of sp³-hybridized carbons (Fsp3) is 0.588. The van der Waals surface area contributed by atoms with Gasteiger partial charge in [0, 0.05) is 19.1 Å². The van der Waals surface area contributed by atoms with Crippen LogP contribution in [0.2, 0.25) is 0 Å². The lowest BCUT2D eigenvalue weighted by molar-refractivity contribution is -0.134. The van der Waals surface area contributed by atoms with Crippen LogP contribution in [0.5, 0.6) is 0 Å². The normalized spacial score (nSPS) is 23.0. The van der Waals surface area contributed by atoms with Gasteiger partial charge in [-0.3, -0.25) is 9.69 Å². The lowest BCUT2D eigenvalue weighted by atomic mass is 10.1. The maximum Gasteiger partial charge on any atom is 0.237 e. The van der Waals surface area contributed by atoms with E-state index in [0.29, 0.717) is 25.7 Å². The highest BCUT2D eigenvalue weighted by atomic mass is 16.3. The van der Waals surface area contributed by atoms with Crippen molar-refractivity contribution in [1.82, 2.24) is 9.80 Å². The third-order valence-electron chi connectivity index (χ3n) is 4.34. The molecular weight excluding hydrogens is 264 g/mol. The second-order valence-electron chi connectivity index (χ2n) is 6.27. The number of aliphatic hydroxyl groups excluding tert-OH is 1. The van der Waals surface area contributed by atoms with Gasteiger partial charge in [0.05, 0.1) is 12.6 Å². The Bertz CT molecular complexity index is 473. The van der Waals surface area contributed by atoms with Gasteiger partial charge in [0.15, 0.2) is 0 Å². The summed E-state index contributed by atoms with van der Waals surface area (Å²) in [6.07, 6.45) is 3.83. The van der Waals surface area contributed by atoms with E-state index in [4.69, 9.17) is 0 Å². The Morgan fingerprint density at radius 2 is 2.00 bits per heavy atom. The van der Waals surface area contributed by atoms with Gasteiger partial charge in [0.2, 0.25) is 5.91 Å². The molecule has 0 bridgehead atoms. The maximum absolute atomic E-state index is 12.6. The van der Waals surface area contributed by atoms with Crippen LogP contribution < -0.4 is 0 Å². The van der Waals surface area contributed by atoms with Crippen LogP contribution in [0.1, 0.15) is 31.2 Å². The standard InChI is InChI=1S/C17H24N2O2/c20-16-7-4-10-18(12-16)13-17(21)19(15-8-9-15)11-14-5-2-1-3-6-14/h1-3,5-6,15-16,20H,4,7-13H2. The molecule has 1 heterocycles. The zero-order valence-electron chi connectivity index (χ0n) is 12.4. The van der Waals surface area contributed by atoms with Gasteiger partial charge in [-0.1, -0.05) is 30.3 Å². The molecule has 1 saturated heterocycles. The predicted molar refractivity (Wildman–Crippen MR) is 81.7 cm³/mol. The van der Waals surface area contributed by atoms with Crippen LogP contribution in [0.25, 0.3) is 0 Å². The number of aliphatic hydroxyl groups is 1. The summed E-state index contributed by atoms with van der Waals surface area (Å²) in [6, 6.07) is 10.6. The van der Waals surface area contributed by atoms with Crippen molar-refractivity contribution in [2.45, 2.75) is 44.4 Å². The number of carbonyl (C=O) groups is 1. The molecule has 1 unspecified atom stereocenters. The second-order valence-corrected chi connectivity index (χ2v) is 6.27. The van der Waals surface area contributed by atoms with Crippen molar-refractivity contribution in [3.8, 4) is 0 Å². The number of piperidine rings is 1. The molecule has 1 aromatic carbocycles. The van der Waals surface area contributed by atoms with Gasteiger partial charge in [0.25, 0.3) is 0 Å². The van der Waals surface area contributed by atoms with Crippen molar-refractivity contribution in [3.05, 3.63) is 35.9 Å². The zero-order valence-corrected chi connectivity index (χ0v) is 12.4. The van der Waals surface area contributed by atoms with Crippen molar-refractivity contribution < 1.29 is 9.90 Å². The van der Waals surface area contributed by atoms with Crippen molar-refractivity contribution in [2.75, 3.05) is 19.6 Å². The minimum atomic E-state index is -0.268. The molecule has 114 valence electrons. The Hall–Kier alpha value is -1.39. The summed E-state index contributed by atoms with van der Waals surface area (Å²) >= 11 is 0. The fourth-order valence-electron chi connectivity index (χ4n) is 3.04. The van der Waals surface area contributed by atoms with Crippen molar-refractivity contribution >= 4 is 5.91 Å². The van der Waals surface area contributed by atoms with Gasteiger partial charge in [-0.05, 0) is 37.8 Å². The third-order valence-corrected chi connectivity index (χ3v) is 4.34. The molecule has 1 atom stereocenters. The molecule has 21 heavy (non-hydrogen) atoms. The van der Waals surface area contributed by atoms with E-state index in [2.05, 4.69) is 17.0 Å². The number of carbonyl (C=O) groups excluding carboxylic acids is 1. The van der Waals surface area contributed by atoms with E-state index in [9.17, 15) is 9.90 Å². The molecule has 1 amide bonds. The summed E-state index contributed by atoms with van der Waals surface area (Å²) in [5.74, 6) is 0.204. The van der Waals surface area contributed by atoms with Crippen LogP contribution in [0.3, 0.4) is 0 Å². The number of β-amino-alcohol motifs (C(OH)–C–C–N with tert-alkyl or cyclic N) is 1. The largest absolute Gasteiger partial charge is 0.392 e. The zero-order chi connectivity index (χ0) is 14.7. The number of rotatable bonds is 5. The van der Waals surface area contributed by atoms with E-state index in [1.807, 2.05) is 23.1 Å². The molecule has 4 nitrogen and oxygen atoms in total. The second kappa shape index (κ2) is 6.58. The van der Waals surface area contributed by atoms with Crippen LogP contribution in [-0.2, 0) is 11.3 Å². The van der Waals surface area contributed by atoms with Crippen LogP contribution >= 0.6 is 0 Å². The first-order chi connectivity index (χ1) is 10.2. The van der Waals surface area contributed by atoms with Gasteiger partial charge in [-0.15, -0.1) is 0 Å². The first kappa shape index (κ1) is 14.5. The number of benzene rings is 1. The molecule has 0 spiro atoms. The van der Waals surface area contributed by atoms with Crippen LogP contribution in [0.4, 0.5) is 0 Å². The molecule has 1 aliphatic carbocycles. The van der Waals surface area contributed by atoms with Crippen molar-refractivity contribution in [3.63, 3.8) is 0 Å². The highest BCUT2D eigenvalue weighted by Gasteiger charge is 2.33. The Morgan fingerprint density at radius 1 is 1.24 bits per heavy atom. The first-order valence-electron chi connectivity index (χ1n) is 7.96. The molecular formula is C17H24N2O2. The number of likely N-dealkylation sites (tertiary alicyclic amines) is 1. The van der Waals surface area contributed by atoms with E-state index >= 15 is 0 Å². The van der Waals surface area contributed by atoms with Gasteiger partial charge in [-0.25, -0.2) is 0 Å². The molecule has 4 heteroatoms. The van der Waals surface area contributed by atoms with Gasteiger partial charge < -0.3 is 10.0 Å². The van der Waals surface area contributed by atoms with Gasteiger partial charge >= 0.3 is 0 Å². The maximum atomic E-state index is 12.6. The molecule has 1 aromatic rings. The summed E-state index contributed by atoms with van der Waals surface area (Å²) in [5.41, 5.74) is 1.19.